The lowest BCUT2D eigenvalue weighted by Gasteiger charge is -2.04. The van der Waals surface area contributed by atoms with Crippen molar-refractivity contribution in [3.8, 4) is 10.6 Å². The van der Waals surface area contributed by atoms with E-state index in [1.807, 2.05) is 12.5 Å². The number of nitrogens with two attached hydrogens (primary N) is 1. The number of thiophene rings is 1. The summed E-state index contributed by atoms with van der Waals surface area (Å²) in [6.45, 7) is 1.67. The van der Waals surface area contributed by atoms with E-state index < -0.39 is 0 Å². The van der Waals surface area contributed by atoms with E-state index in [9.17, 15) is 0 Å². The zero-order valence-corrected chi connectivity index (χ0v) is 8.70. The van der Waals surface area contributed by atoms with Gasteiger partial charge in [0.05, 0.1) is 23.1 Å². The standard InChI is InChI=1S/C10H13N3S/c11-4-2-5-13-8-12-7-9(13)10-3-1-6-14-10/h1,3,6-8H,2,4-5,11H2. The fourth-order valence-electron chi connectivity index (χ4n) is 1.39. The molecule has 0 amide bonds. The van der Waals surface area contributed by atoms with Crippen molar-refractivity contribution in [2.75, 3.05) is 6.54 Å². The molecule has 74 valence electrons. The topological polar surface area (TPSA) is 43.8 Å². The van der Waals surface area contributed by atoms with Crippen LogP contribution in [0.15, 0.2) is 30.0 Å². The molecule has 0 fully saturated rings. The minimum Gasteiger partial charge on any atom is -0.330 e. The van der Waals surface area contributed by atoms with Crippen LogP contribution in [0.1, 0.15) is 6.42 Å². The SMILES string of the molecule is NCCCn1cncc1-c1cccs1. The lowest BCUT2D eigenvalue weighted by molar-refractivity contribution is 0.655. The predicted octanol–water partition coefficient (Wildman–Crippen LogP) is 1.96. The van der Waals surface area contributed by atoms with Crippen molar-refractivity contribution in [1.29, 1.82) is 0 Å². The number of aryl methyl sites for hydroxylation is 1. The number of aromatic nitrogens is 2. The van der Waals surface area contributed by atoms with Gasteiger partial charge in [0.15, 0.2) is 0 Å². The zero-order valence-electron chi connectivity index (χ0n) is 7.89. The minimum absolute atomic E-state index is 0.724. The molecule has 0 aliphatic rings. The summed E-state index contributed by atoms with van der Waals surface area (Å²) >= 11 is 1.74. The Morgan fingerprint density at radius 2 is 2.43 bits per heavy atom. The third-order valence-corrected chi connectivity index (χ3v) is 2.98. The fourth-order valence-corrected chi connectivity index (χ4v) is 2.14. The summed E-state index contributed by atoms with van der Waals surface area (Å²) in [5.74, 6) is 0. The molecule has 0 atom stereocenters. The summed E-state index contributed by atoms with van der Waals surface area (Å²) in [6.07, 6.45) is 4.77. The lowest BCUT2D eigenvalue weighted by atomic mass is 10.3. The highest BCUT2D eigenvalue weighted by Gasteiger charge is 2.04. The molecule has 0 unspecified atom stereocenters. The molecule has 0 radical (unpaired) electrons. The van der Waals surface area contributed by atoms with Crippen LogP contribution < -0.4 is 5.73 Å². The molecule has 2 rings (SSSR count). The maximum Gasteiger partial charge on any atom is 0.0951 e. The van der Waals surface area contributed by atoms with E-state index >= 15 is 0 Å². The second-order valence-electron chi connectivity index (χ2n) is 3.09. The zero-order chi connectivity index (χ0) is 9.80. The van der Waals surface area contributed by atoms with Gasteiger partial charge in [-0.3, -0.25) is 0 Å². The molecule has 4 heteroatoms. The van der Waals surface area contributed by atoms with Crippen molar-refractivity contribution in [3.05, 3.63) is 30.0 Å². The van der Waals surface area contributed by atoms with Gasteiger partial charge >= 0.3 is 0 Å². The highest BCUT2D eigenvalue weighted by Crippen LogP contribution is 2.24. The van der Waals surface area contributed by atoms with Gasteiger partial charge < -0.3 is 10.3 Å². The van der Waals surface area contributed by atoms with Gasteiger partial charge in [0.25, 0.3) is 0 Å². The average molecular weight is 207 g/mol. The van der Waals surface area contributed by atoms with E-state index in [0.717, 1.165) is 19.5 Å². The Morgan fingerprint density at radius 3 is 3.14 bits per heavy atom. The Balaban J connectivity index is 2.22. The molecular formula is C10H13N3S. The molecule has 2 aromatic rings. The summed E-state index contributed by atoms with van der Waals surface area (Å²) in [6, 6.07) is 4.17. The normalized spacial score (nSPS) is 10.6. The van der Waals surface area contributed by atoms with Gasteiger partial charge in [-0.15, -0.1) is 11.3 Å². The molecule has 2 aromatic heterocycles. The van der Waals surface area contributed by atoms with Gasteiger partial charge in [0, 0.05) is 6.54 Å². The molecule has 0 saturated carbocycles. The molecule has 0 aliphatic carbocycles. The Morgan fingerprint density at radius 1 is 1.50 bits per heavy atom. The van der Waals surface area contributed by atoms with Crippen molar-refractivity contribution in [1.82, 2.24) is 9.55 Å². The predicted molar refractivity (Wildman–Crippen MR) is 59.2 cm³/mol. The second kappa shape index (κ2) is 4.39. The van der Waals surface area contributed by atoms with Crippen LogP contribution in [0.3, 0.4) is 0 Å². The smallest absolute Gasteiger partial charge is 0.0951 e. The molecule has 0 aliphatic heterocycles. The third kappa shape index (κ3) is 1.86. The molecule has 0 bridgehead atoms. The van der Waals surface area contributed by atoms with Crippen molar-refractivity contribution in [3.63, 3.8) is 0 Å². The van der Waals surface area contributed by atoms with Gasteiger partial charge in [-0.1, -0.05) is 6.07 Å². The summed E-state index contributed by atoms with van der Waals surface area (Å²) in [7, 11) is 0. The summed E-state index contributed by atoms with van der Waals surface area (Å²) < 4.78 is 2.15. The Kier molecular flexibility index (Phi) is 2.96. The third-order valence-electron chi connectivity index (χ3n) is 2.09. The fraction of sp³-hybridized carbons (Fsp3) is 0.300. The molecule has 0 aromatic carbocycles. The number of rotatable bonds is 4. The number of hydrogen-bond acceptors (Lipinski definition) is 3. The Bertz CT molecular complexity index is 378. The quantitative estimate of drug-likeness (QED) is 0.833. The molecule has 0 spiro atoms. The minimum atomic E-state index is 0.724. The van der Waals surface area contributed by atoms with Crippen LogP contribution >= 0.6 is 11.3 Å². The van der Waals surface area contributed by atoms with E-state index in [1.54, 1.807) is 11.3 Å². The number of hydrogen-bond donors (Lipinski definition) is 1. The molecule has 14 heavy (non-hydrogen) atoms. The van der Waals surface area contributed by atoms with Crippen LogP contribution in [0.4, 0.5) is 0 Å². The first-order chi connectivity index (χ1) is 6.92. The molecule has 0 saturated heterocycles. The Labute approximate surface area is 87.2 Å². The van der Waals surface area contributed by atoms with Crippen LogP contribution in [0.5, 0.6) is 0 Å². The van der Waals surface area contributed by atoms with Gasteiger partial charge in [0.1, 0.15) is 0 Å². The van der Waals surface area contributed by atoms with Gasteiger partial charge in [-0.25, -0.2) is 4.98 Å². The molecule has 3 nitrogen and oxygen atoms in total. The first kappa shape index (κ1) is 9.43. The first-order valence-electron chi connectivity index (χ1n) is 4.66. The summed E-state index contributed by atoms with van der Waals surface area (Å²) in [5, 5.41) is 2.08. The monoisotopic (exact) mass is 207 g/mol. The van der Waals surface area contributed by atoms with Crippen molar-refractivity contribution < 1.29 is 0 Å². The maximum atomic E-state index is 5.48. The average Bonchev–Trinajstić information content (AvgIpc) is 2.84. The van der Waals surface area contributed by atoms with Gasteiger partial charge in [-0.2, -0.15) is 0 Å². The van der Waals surface area contributed by atoms with Crippen LogP contribution in [0.2, 0.25) is 0 Å². The molecule has 2 N–H and O–H groups in total. The van der Waals surface area contributed by atoms with E-state index in [-0.39, 0.29) is 0 Å². The maximum absolute atomic E-state index is 5.48. The largest absolute Gasteiger partial charge is 0.330 e. The summed E-state index contributed by atoms with van der Waals surface area (Å²) in [5.41, 5.74) is 6.67. The molecule has 2 heterocycles. The van der Waals surface area contributed by atoms with Gasteiger partial charge in [-0.05, 0) is 24.4 Å². The van der Waals surface area contributed by atoms with Gasteiger partial charge in [0.2, 0.25) is 0 Å². The van der Waals surface area contributed by atoms with Crippen molar-refractivity contribution in [2.45, 2.75) is 13.0 Å². The van der Waals surface area contributed by atoms with Crippen LogP contribution in [0.25, 0.3) is 10.6 Å². The summed E-state index contributed by atoms with van der Waals surface area (Å²) in [4.78, 5) is 5.42. The Hall–Kier alpha value is -1.13. The first-order valence-corrected chi connectivity index (χ1v) is 5.54. The van der Waals surface area contributed by atoms with Crippen LogP contribution in [-0.2, 0) is 6.54 Å². The van der Waals surface area contributed by atoms with E-state index in [2.05, 4.69) is 27.1 Å². The van der Waals surface area contributed by atoms with Crippen molar-refractivity contribution in [2.24, 2.45) is 5.73 Å². The van der Waals surface area contributed by atoms with Crippen LogP contribution in [-0.4, -0.2) is 16.1 Å². The van der Waals surface area contributed by atoms with E-state index in [0.29, 0.717) is 0 Å². The van der Waals surface area contributed by atoms with E-state index in [1.165, 1.54) is 10.6 Å². The number of imidazole rings is 1. The van der Waals surface area contributed by atoms with E-state index in [4.69, 9.17) is 5.73 Å². The second-order valence-corrected chi connectivity index (χ2v) is 4.04. The highest BCUT2D eigenvalue weighted by molar-refractivity contribution is 7.13. The highest BCUT2D eigenvalue weighted by atomic mass is 32.1. The number of nitrogens with zero attached hydrogens (tertiary/aromatic N) is 2. The molecular weight excluding hydrogens is 194 g/mol. The van der Waals surface area contributed by atoms with Crippen molar-refractivity contribution >= 4 is 11.3 Å². The lowest BCUT2D eigenvalue weighted by Crippen LogP contribution is -2.05. The van der Waals surface area contributed by atoms with Crippen LogP contribution in [0, 0.1) is 0 Å².